The normalized spacial score (nSPS) is 11.6. The van der Waals surface area contributed by atoms with E-state index in [0.717, 1.165) is 4.47 Å². The number of oxime groups is 1. The van der Waals surface area contributed by atoms with Crippen LogP contribution in [0.5, 0.6) is 0 Å². The van der Waals surface area contributed by atoms with E-state index in [1.54, 1.807) is 23.6 Å². The average molecular weight is 342 g/mol. The van der Waals surface area contributed by atoms with E-state index in [4.69, 9.17) is 10.9 Å². The van der Waals surface area contributed by atoms with Crippen LogP contribution >= 0.6 is 27.3 Å². The van der Waals surface area contributed by atoms with Crippen LogP contribution in [-0.4, -0.2) is 28.1 Å². The zero-order valence-electron chi connectivity index (χ0n) is 10.1. The van der Waals surface area contributed by atoms with Crippen LogP contribution in [0.25, 0.3) is 0 Å². The summed E-state index contributed by atoms with van der Waals surface area (Å²) >= 11 is 5.07. The molecular weight excluding hydrogens is 330 g/mol. The van der Waals surface area contributed by atoms with Crippen LogP contribution in [0.2, 0.25) is 0 Å². The maximum atomic E-state index is 8.64. The molecule has 6 nitrogen and oxygen atoms in total. The lowest BCUT2D eigenvalue weighted by Gasteiger charge is -2.16. The van der Waals surface area contributed by atoms with Crippen molar-refractivity contribution in [2.24, 2.45) is 10.9 Å². The van der Waals surface area contributed by atoms with E-state index in [0.29, 0.717) is 18.2 Å². The van der Waals surface area contributed by atoms with Gasteiger partial charge < -0.3 is 15.8 Å². The van der Waals surface area contributed by atoms with Crippen molar-refractivity contribution < 1.29 is 5.21 Å². The minimum Gasteiger partial charge on any atom is -0.409 e. The third kappa shape index (κ3) is 3.42. The van der Waals surface area contributed by atoms with Gasteiger partial charge in [-0.1, -0.05) is 5.16 Å². The molecule has 0 aliphatic heterocycles. The standard InChI is InChI=1S/C11H12BrN5OS/c1-17(5-8-4-7(12)6-19-8)11-14-3-2-9(15-11)10(13)16-18/h2-4,6,18H,5H2,1H3,(H2,13,16). The summed E-state index contributed by atoms with van der Waals surface area (Å²) in [6.45, 7) is 0.690. The largest absolute Gasteiger partial charge is 0.409 e. The van der Waals surface area contributed by atoms with Gasteiger partial charge in [0.15, 0.2) is 5.84 Å². The van der Waals surface area contributed by atoms with Gasteiger partial charge >= 0.3 is 0 Å². The van der Waals surface area contributed by atoms with Crippen molar-refractivity contribution in [3.05, 3.63) is 38.8 Å². The van der Waals surface area contributed by atoms with Crippen molar-refractivity contribution in [1.29, 1.82) is 0 Å². The van der Waals surface area contributed by atoms with Crippen molar-refractivity contribution in [1.82, 2.24) is 9.97 Å². The zero-order valence-corrected chi connectivity index (χ0v) is 12.5. The molecule has 0 aromatic carbocycles. The summed E-state index contributed by atoms with van der Waals surface area (Å²) in [5.74, 6) is 0.490. The predicted molar refractivity (Wildman–Crippen MR) is 78.7 cm³/mol. The van der Waals surface area contributed by atoms with Crippen LogP contribution in [0, 0.1) is 0 Å². The maximum Gasteiger partial charge on any atom is 0.226 e. The van der Waals surface area contributed by atoms with Gasteiger partial charge in [-0.15, -0.1) is 11.3 Å². The first-order chi connectivity index (χ1) is 9.10. The first-order valence-electron chi connectivity index (χ1n) is 5.35. The number of anilines is 1. The Morgan fingerprint density at radius 3 is 3.05 bits per heavy atom. The minimum absolute atomic E-state index is 0.0316. The van der Waals surface area contributed by atoms with Crippen molar-refractivity contribution in [3.63, 3.8) is 0 Å². The number of amidine groups is 1. The number of aromatic nitrogens is 2. The van der Waals surface area contributed by atoms with E-state index < -0.39 is 0 Å². The van der Waals surface area contributed by atoms with Gasteiger partial charge in [-0.2, -0.15) is 0 Å². The molecule has 0 fully saturated rings. The van der Waals surface area contributed by atoms with Crippen molar-refractivity contribution in [2.45, 2.75) is 6.54 Å². The fourth-order valence-electron chi connectivity index (χ4n) is 1.47. The number of nitrogens with zero attached hydrogens (tertiary/aromatic N) is 4. The number of halogens is 1. The van der Waals surface area contributed by atoms with Crippen LogP contribution < -0.4 is 10.6 Å². The van der Waals surface area contributed by atoms with Crippen LogP contribution in [0.4, 0.5) is 5.95 Å². The molecule has 0 aliphatic rings. The van der Waals surface area contributed by atoms with Gasteiger partial charge in [0.1, 0.15) is 5.69 Å². The molecule has 0 atom stereocenters. The summed E-state index contributed by atoms with van der Waals surface area (Å²) in [5.41, 5.74) is 5.90. The predicted octanol–water partition coefficient (Wildman–Crippen LogP) is 2.03. The number of thiophene rings is 1. The quantitative estimate of drug-likeness (QED) is 0.384. The Labute approximate surface area is 122 Å². The summed E-state index contributed by atoms with van der Waals surface area (Å²) < 4.78 is 1.06. The Balaban J connectivity index is 2.17. The molecule has 0 radical (unpaired) electrons. The number of rotatable bonds is 4. The summed E-state index contributed by atoms with van der Waals surface area (Å²) in [4.78, 5) is 11.5. The molecule has 2 rings (SSSR count). The Kier molecular flexibility index (Phi) is 4.33. The van der Waals surface area contributed by atoms with E-state index in [1.165, 1.54) is 4.88 Å². The Morgan fingerprint density at radius 2 is 2.42 bits per heavy atom. The molecule has 0 aliphatic carbocycles. The molecule has 0 unspecified atom stereocenters. The van der Waals surface area contributed by atoms with Gasteiger partial charge in [0.05, 0.1) is 6.54 Å². The van der Waals surface area contributed by atoms with Crippen molar-refractivity contribution in [3.8, 4) is 0 Å². The molecule has 19 heavy (non-hydrogen) atoms. The van der Waals surface area contributed by atoms with E-state index in [2.05, 4.69) is 37.1 Å². The molecule has 0 saturated carbocycles. The second-order valence-electron chi connectivity index (χ2n) is 3.81. The van der Waals surface area contributed by atoms with Gasteiger partial charge in [-0.3, -0.25) is 0 Å². The molecule has 2 aromatic heterocycles. The number of nitrogens with two attached hydrogens (primary N) is 1. The number of hydrogen-bond acceptors (Lipinski definition) is 6. The van der Waals surface area contributed by atoms with E-state index in [9.17, 15) is 0 Å². The summed E-state index contributed by atoms with van der Waals surface area (Å²) in [6.07, 6.45) is 1.58. The van der Waals surface area contributed by atoms with Crippen molar-refractivity contribution in [2.75, 3.05) is 11.9 Å². The van der Waals surface area contributed by atoms with E-state index in [-0.39, 0.29) is 5.84 Å². The van der Waals surface area contributed by atoms with Crippen LogP contribution in [-0.2, 0) is 6.54 Å². The molecular formula is C11H12BrN5OS. The van der Waals surface area contributed by atoms with Gasteiger partial charge in [0.25, 0.3) is 0 Å². The molecule has 100 valence electrons. The molecule has 0 amide bonds. The van der Waals surface area contributed by atoms with Crippen LogP contribution in [0.3, 0.4) is 0 Å². The van der Waals surface area contributed by atoms with E-state index >= 15 is 0 Å². The molecule has 2 aromatic rings. The molecule has 3 N–H and O–H groups in total. The highest BCUT2D eigenvalue weighted by molar-refractivity contribution is 9.10. The summed E-state index contributed by atoms with van der Waals surface area (Å²) in [5, 5.41) is 13.6. The van der Waals surface area contributed by atoms with Crippen LogP contribution in [0.15, 0.2) is 33.3 Å². The molecule has 0 saturated heterocycles. The molecule has 2 heterocycles. The van der Waals surface area contributed by atoms with Gasteiger partial charge in [-0.05, 0) is 28.1 Å². The maximum absolute atomic E-state index is 8.64. The highest BCUT2D eigenvalue weighted by Gasteiger charge is 2.09. The summed E-state index contributed by atoms with van der Waals surface area (Å²) in [6, 6.07) is 3.64. The Bertz CT molecular complexity index is 600. The fraction of sp³-hybridized carbons (Fsp3) is 0.182. The zero-order chi connectivity index (χ0) is 13.8. The summed E-state index contributed by atoms with van der Waals surface area (Å²) in [7, 11) is 1.89. The molecule has 0 spiro atoms. The highest BCUT2D eigenvalue weighted by atomic mass is 79.9. The second-order valence-corrected chi connectivity index (χ2v) is 5.73. The smallest absolute Gasteiger partial charge is 0.226 e. The Morgan fingerprint density at radius 1 is 1.63 bits per heavy atom. The Hall–Kier alpha value is -1.67. The molecule has 8 heteroatoms. The average Bonchev–Trinajstić information content (AvgIpc) is 2.83. The first-order valence-corrected chi connectivity index (χ1v) is 7.02. The lowest BCUT2D eigenvalue weighted by molar-refractivity contribution is 0.318. The van der Waals surface area contributed by atoms with Gasteiger partial charge in [-0.25, -0.2) is 9.97 Å². The van der Waals surface area contributed by atoms with Gasteiger partial charge in [0.2, 0.25) is 5.95 Å². The van der Waals surface area contributed by atoms with Crippen molar-refractivity contribution >= 4 is 39.1 Å². The monoisotopic (exact) mass is 341 g/mol. The van der Waals surface area contributed by atoms with Crippen LogP contribution in [0.1, 0.15) is 10.6 Å². The fourth-order valence-corrected chi connectivity index (χ4v) is 2.97. The van der Waals surface area contributed by atoms with Gasteiger partial charge in [0, 0.05) is 28.0 Å². The minimum atomic E-state index is -0.0316. The lowest BCUT2D eigenvalue weighted by Crippen LogP contribution is -2.21. The topological polar surface area (TPSA) is 87.6 Å². The first kappa shape index (κ1) is 13.8. The van der Waals surface area contributed by atoms with E-state index in [1.807, 2.05) is 17.3 Å². The third-order valence-electron chi connectivity index (χ3n) is 2.37. The highest BCUT2D eigenvalue weighted by Crippen LogP contribution is 2.21. The third-order valence-corrected chi connectivity index (χ3v) is 4.05. The molecule has 0 bridgehead atoms. The number of hydrogen-bond donors (Lipinski definition) is 2. The SMILES string of the molecule is CN(Cc1cc(Br)cs1)c1nccc(/C(N)=N/O)n1. The lowest BCUT2D eigenvalue weighted by atomic mass is 10.4. The second kappa shape index (κ2) is 5.98.